The molecule has 0 spiro atoms. The van der Waals surface area contributed by atoms with Gasteiger partial charge in [-0.2, -0.15) is 0 Å². The SMILES string of the molecule is NC=[NH2+].NC=[NH2+].[O]=[Cr](=[O])([O-])[O-]. The number of nitrogens with two attached hydrogens (primary N) is 4. The summed E-state index contributed by atoms with van der Waals surface area (Å²) in [5.41, 5.74) is 9.00. The Hall–Kier alpha value is -1.01. The van der Waals surface area contributed by atoms with Crippen molar-refractivity contribution in [1.29, 1.82) is 0 Å². The van der Waals surface area contributed by atoms with E-state index in [4.69, 9.17) is 15.9 Å². The molecule has 0 rings (SSSR count). The fourth-order valence-corrected chi connectivity index (χ4v) is 0. The van der Waals surface area contributed by atoms with Gasteiger partial charge in [-0.3, -0.25) is 22.3 Å². The first kappa shape index (κ1) is 16.5. The third kappa shape index (κ3) is 433. The summed E-state index contributed by atoms with van der Waals surface area (Å²) >= 11 is -5.75. The molecule has 8 N–H and O–H groups in total. The third-order valence-corrected chi connectivity index (χ3v) is 0. The second-order valence-corrected chi connectivity index (χ2v) is 2.07. The molecule has 0 aliphatic carbocycles. The van der Waals surface area contributed by atoms with Crippen molar-refractivity contribution in [2.24, 2.45) is 11.5 Å². The van der Waals surface area contributed by atoms with Gasteiger partial charge in [0, 0.05) is 0 Å². The van der Waals surface area contributed by atoms with Crippen molar-refractivity contribution in [3.8, 4) is 0 Å². The van der Waals surface area contributed by atoms with Gasteiger partial charge in [0.25, 0.3) is 0 Å². The fourth-order valence-electron chi connectivity index (χ4n) is 0. The molecule has 0 saturated carbocycles. The van der Waals surface area contributed by atoms with Crippen molar-refractivity contribution >= 4 is 12.7 Å². The quantitative estimate of drug-likeness (QED) is 0.225. The number of rotatable bonds is 0. The Bertz CT molecular complexity index is 161. The van der Waals surface area contributed by atoms with Gasteiger partial charge in [-0.1, -0.05) is 0 Å². The standard InChI is InChI=1S/2CH4N2.Cr.4O/c2*2-1-3;;;;;/h2*1H,(H3,2,3);;;;;/q;;;;;2*-1/p+2. The molecule has 0 bridgehead atoms. The summed E-state index contributed by atoms with van der Waals surface area (Å²) in [4.78, 5) is 0. The van der Waals surface area contributed by atoms with Gasteiger partial charge in [-0.25, -0.2) is 0 Å². The van der Waals surface area contributed by atoms with Crippen molar-refractivity contribution < 1.29 is 40.4 Å². The number of hydrogen-bond acceptors (Lipinski definition) is 4. The van der Waals surface area contributed by atoms with Gasteiger partial charge in [-0.15, -0.1) is 0 Å². The van der Waals surface area contributed by atoms with Gasteiger partial charge in [-0.05, 0) is 0 Å². The molecule has 0 aromatic carbocycles. The van der Waals surface area contributed by atoms with Gasteiger partial charge in [0.1, 0.15) is 0 Å². The zero-order valence-electron chi connectivity index (χ0n) is 5.51. The van der Waals surface area contributed by atoms with Gasteiger partial charge in [0.15, 0.2) is 0 Å². The van der Waals surface area contributed by atoms with E-state index in [1.807, 2.05) is 0 Å². The van der Waals surface area contributed by atoms with Crippen molar-refractivity contribution in [3.63, 3.8) is 0 Å². The zero-order chi connectivity index (χ0) is 9.91. The Morgan fingerprint density at radius 2 is 1.09 bits per heavy atom. The van der Waals surface area contributed by atoms with Gasteiger partial charge in [0.2, 0.25) is 12.7 Å². The van der Waals surface area contributed by atoms with Crippen LogP contribution in [0.25, 0.3) is 0 Å². The zero-order valence-corrected chi connectivity index (χ0v) is 6.78. The van der Waals surface area contributed by atoms with Crippen LogP contribution in [0.5, 0.6) is 0 Å². The van der Waals surface area contributed by atoms with Crippen LogP contribution in [0, 0.1) is 0 Å². The molecule has 0 radical (unpaired) electrons. The van der Waals surface area contributed by atoms with Gasteiger partial charge >= 0.3 is 29.5 Å². The molecular weight excluding hydrogens is 196 g/mol. The van der Waals surface area contributed by atoms with Crippen molar-refractivity contribution in [2.45, 2.75) is 0 Å². The molecule has 0 aliphatic rings. The monoisotopic (exact) mass is 206 g/mol. The summed E-state index contributed by atoms with van der Waals surface area (Å²) in [6, 6.07) is 0. The van der Waals surface area contributed by atoms with E-state index >= 15 is 0 Å². The molecular formula is C2H10CrN4O4. The minimum absolute atomic E-state index is 1.00. The second-order valence-electron chi connectivity index (χ2n) is 0.793. The topological polar surface area (TPSA) is 183 Å². The van der Waals surface area contributed by atoms with E-state index in [-0.39, 0.29) is 0 Å². The van der Waals surface area contributed by atoms with E-state index in [0.29, 0.717) is 0 Å². The maximum atomic E-state index is 8.59. The van der Waals surface area contributed by atoms with Crippen LogP contribution in [0.4, 0.5) is 0 Å². The Morgan fingerprint density at radius 3 is 1.09 bits per heavy atom. The van der Waals surface area contributed by atoms with E-state index in [2.05, 4.69) is 22.3 Å². The molecule has 0 fully saturated rings. The molecule has 0 heterocycles. The average molecular weight is 206 g/mol. The van der Waals surface area contributed by atoms with Crippen molar-refractivity contribution in [2.75, 3.05) is 0 Å². The van der Waals surface area contributed by atoms with Crippen molar-refractivity contribution in [1.82, 2.24) is 0 Å². The van der Waals surface area contributed by atoms with Crippen LogP contribution in [0.2, 0.25) is 0 Å². The van der Waals surface area contributed by atoms with E-state index in [9.17, 15) is 0 Å². The second kappa shape index (κ2) is 11.7. The Labute approximate surface area is 65.2 Å². The summed E-state index contributed by atoms with van der Waals surface area (Å²) in [5, 5.41) is 9.00. The Morgan fingerprint density at radius 1 is 1.09 bits per heavy atom. The summed E-state index contributed by atoms with van der Waals surface area (Å²) in [6.07, 6.45) is 2.00. The summed E-state index contributed by atoms with van der Waals surface area (Å²) in [6.45, 7) is 0. The van der Waals surface area contributed by atoms with E-state index < -0.39 is 13.6 Å². The van der Waals surface area contributed by atoms with Gasteiger partial charge in [0.05, 0.1) is 0 Å². The van der Waals surface area contributed by atoms with E-state index in [0.717, 1.165) is 12.7 Å². The molecule has 0 saturated heterocycles. The Kier molecular flexibility index (Phi) is 17.7. The van der Waals surface area contributed by atoms with Crippen LogP contribution >= 0.6 is 0 Å². The third-order valence-electron chi connectivity index (χ3n) is 0. The van der Waals surface area contributed by atoms with Gasteiger partial charge < -0.3 is 0 Å². The molecule has 11 heavy (non-hydrogen) atoms. The first-order valence-corrected chi connectivity index (χ1v) is 4.08. The average Bonchev–Trinajstić information content (AvgIpc) is 1.62. The molecule has 0 aromatic heterocycles. The summed E-state index contributed by atoms with van der Waals surface area (Å²) < 4.78 is 34.4. The first-order chi connectivity index (χ1) is 4.83. The predicted octanol–water partition coefficient (Wildman–Crippen LogP) is -7.15. The Balaban J connectivity index is -0.0000000933. The van der Waals surface area contributed by atoms with Crippen LogP contribution in [0.3, 0.4) is 0 Å². The van der Waals surface area contributed by atoms with E-state index in [1.165, 1.54) is 0 Å². The van der Waals surface area contributed by atoms with Crippen LogP contribution in [0.1, 0.15) is 0 Å². The summed E-state index contributed by atoms with van der Waals surface area (Å²) in [5.74, 6) is 0. The molecule has 0 aliphatic heterocycles. The minimum atomic E-state index is -5.75. The molecule has 8 nitrogen and oxygen atoms in total. The molecule has 0 atom stereocenters. The number of hydrogen-bond donors (Lipinski definition) is 4. The first-order valence-electron chi connectivity index (χ1n) is 2.00. The maximum absolute atomic E-state index is 8.59. The van der Waals surface area contributed by atoms with Crippen LogP contribution in [-0.4, -0.2) is 12.7 Å². The normalized spacial score (nSPS) is 7.45. The van der Waals surface area contributed by atoms with E-state index in [1.54, 1.807) is 0 Å². The molecule has 0 amide bonds. The van der Waals surface area contributed by atoms with Crippen LogP contribution in [-0.2, 0) is 21.2 Å². The fraction of sp³-hybridized carbons (Fsp3) is 0. The molecule has 9 heteroatoms. The molecule has 0 unspecified atom stereocenters. The predicted molar refractivity (Wildman–Crippen MR) is 25.7 cm³/mol. The summed E-state index contributed by atoms with van der Waals surface area (Å²) in [7, 11) is 0. The molecule has 68 valence electrons. The van der Waals surface area contributed by atoms with Crippen LogP contribution in [0.15, 0.2) is 0 Å². The van der Waals surface area contributed by atoms with Crippen LogP contribution < -0.4 is 30.6 Å². The van der Waals surface area contributed by atoms with Crippen molar-refractivity contribution in [3.05, 3.63) is 0 Å². The molecule has 0 aromatic rings.